The number of hydrogen-bond donors (Lipinski definition) is 1. The molecule has 0 radical (unpaired) electrons. The van der Waals surface area contributed by atoms with Gasteiger partial charge in [-0.05, 0) is 42.2 Å². The molecule has 1 aliphatic rings. The minimum atomic E-state index is -0.194. The summed E-state index contributed by atoms with van der Waals surface area (Å²) in [6.07, 6.45) is 4.01. The molecule has 0 saturated heterocycles. The van der Waals surface area contributed by atoms with Crippen molar-refractivity contribution in [3.05, 3.63) is 59.2 Å². The summed E-state index contributed by atoms with van der Waals surface area (Å²) >= 11 is 1.76. The van der Waals surface area contributed by atoms with Crippen LogP contribution in [0.25, 0.3) is 10.4 Å². The summed E-state index contributed by atoms with van der Waals surface area (Å²) < 4.78 is 15.2. The maximum absolute atomic E-state index is 13.0. The summed E-state index contributed by atoms with van der Waals surface area (Å²) in [4.78, 5) is 2.48. The minimum Gasteiger partial charge on any atom is -0.317 e. The second kappa shape index (κ2) is 6.83. The Kier molecular flexibility index (Phi) is 4.40. The Morgan fingerprint density at radius 2 is 2.08 bits per heavy atom. The quantitative estimate of drug-likeness (QED) is 0.772. The zero-order chi connectivity index (χ0) is 16.4. The molecule has 0 spiro atoms. The molecule has 3 aromatic rings. The Hall–Kier alpha value is -2.05. The fourth-order valence-corrected chi connectivity index (χ4v) is 4.12. The number of thiophene rings is 1. The molecule has 0 unspecified atom stereocenters. The average Bonchev–Trinajstić information content (AvgIpc) is 3.24. The van der Waals surface area contributed by atoms with Gasteiger partial charge in [0.05, 0.1) is 0 Å². The van der Waals surface area contributed by atoms with Crippen LogP contribution in [0.4, 0.5) is 4.39 Å². The summed E-state index contributed by atoms with van der Waals surface area (Å²) in [5.74, 6) is 1.54. The van der Waals surface area contributed by atoms with Gasteiger partial charge < -0.3 is 9.88 Å². The zero-order valence-electron chi connectivity index (χ0n) is 13.3. The van der Waals surface area contributed by atoms with E-state index in [9.17, 15) is 4.39 Å². The number of hydrogen-bond acceptors (Lipinski definition) is 4. The molecule has 0 aliphatic carbocycles. The van der Waals surface area contributed by atoms with Gasteiger partial charge >= 0.3 is 0 Å². The Labute approximate surface area is 144 Å². The molecule has 1 aromatic carbocycles. The van der Waals surface area contributed by atoms with E-state index in [1.807, 2.05) is 18.5 Å². The summed E-state index contributed by atoms with van der Waals surface area (Å²) in [5, 5.41) is 11.7. The van der Waals surface area contributed by atoms with Gasteiger partial charge in [-0.2, -0.15) is 0 Å². The largest absolute Gasteiger partial charge is 0.317 e. The summed E-state index contributed by atoms with van der Waals surface area (Å²) in [6, 6.07) is 10.9. The van der Waals surface area contributed by atoms with Crippen molar-refractivity contribution in [2.24, 2.45) is 5.92 Å². The lowest BCUT2D eigenvalue weighted by molar-refractivity contribution is 0.348. The summed E-state index contributed by atoms with van der Waals surface area (Å²) in [7, 11) is 0. The van der Waals surface area contributed by atoms with Crippen LogP contribution in [0.5, 0.6) is 0 Å². The van der Waals surface area contributed by atoms with Gasteiger partial charge in [0.25, 0.3) is 0 Å². The molecule has 1 N–H and O–H groups in total. The van der Waals surface area contributed by atoms with Crippen molar-refractivity contribution in [2.45, 2.75) is 25.9 Å². The SMILES string of the molecule is Fc1ccc(-c2ccc(CNC[C@H]3CCc4nncn4C3)s2)cc1. The molecule has 2 aromatic heterocycles. The average molecular weight is 342 g/mol. The Morgan fingerprint density at radius 3 is 2.96 bits per heavy atom. The van der Waals surface area contributed by atoms with E-state index in [2.05, 4.69) is 32.2 Å². The number of nitrogens with zero attached hydrogens (tertiary/aromatic N) is 3. The van der Waals surface area contributed by atoms with Crippen molar-refractivity contribution in [1.82, 2.24) is 20.1 Å². The van der Waals surface area contributed by atoms with E-state index in [1.54, 1.807) is 11.3 Å². The Morgan fingerprint density at radius 1 is 1.21 bits per heavy atom. The van der Waals surface area contributed by atoms with E-state index in [0.29, 0.717) is 5.92 Å². The van der Waals surface area contributed by atoms with E-state index in [4.69, 9.17) is 0 Å². The third kappa shape index (κ3) is 3.39. The second-order valence-electron chi connectivity index (χ2n) is 6.21. The standard InChI is InChI=1S/C18H19FN4S/c19-15-4-2-14(3-5-15)17-7-6-16(24-17)10-20-9-13-1-8-18-22-21-12-23(18)11-13/h2-7,12-13,20H,1,8-11H2/t13-/m1/s1. The van der Waals surface area contributed by atoms with Gasteiger partial charge in [0.1, 0.15) is 18.0 Å². The lowest BCUT2D eigenvalue weighted by atomic mass is 9.99. The topological polar surface area (TPSA) is 42.7 Å². The lowest BCUT2D eigenvalue weighted by Crippen LogP contribution is -2.29. The van der Waals surface area contributed by atoms with Gasteiger partial charge in [0.2, 0.25) is 0 Å². The smallest absolute Gasteiger partial charge is 0.132 e. The molecule has 4 nitrogen and oxygen atoms in total. The number of benzene rings is 1. The van der Waals surface area contributed by atoms with Crippen molar-refractivity contribution in [2.75, 3.05) is 6.54 Å². The minimum absolute atomic E-state index is 0.194. The fraction of sp³-hybridized carbons (Fsp3) is 0.333. The molecular weight excluding hydrogens is 323 g/mol. The molecule has 124 valence electrons. The highest BCUT2D eigenvalue weighted by Gasteiger charge is 2.19. The number of fused-ring (bicyclic) bond motifs is 1. The molecule has 4 rings (SSSR count). The van der Waals surface area contributed by atoms with E-state index in [-0.39, 0.29) is 5.82 Å². The molecular formula is C18H19FN4S. The maximum Gasteiger partial charge on any atom is 0.132 e. The number of aryl methyl sites for hydroxylation is 1. The predicted octanol–water partition coefficient (Wildman–Crippen LogP) is 3.50. The first-order valence-electron chi connectivity index (χ1n) is 8.20. The first kappa shape index (κ1) is 15.5. The first-order chi connectivity index (χ1) is 11.8. The van der Waals surface area contributed by atoms with Crippen LogP contribution >= 0.6 is 11.3 Å². The lowest BCUT2D eigenvalue weighted by Gasteiger charge is -2.23. The zero-order valence-corrected chi connectivity index (χ0v) is 14.1. The van der Waals surface area contributed by atoms with Crippen molar-refractivity contribution < 1.29 is 4.39 Å². The molecule has 24 heavy (non-hydrogen) atoms. The first-order valence-corrected chi connectivity index (χ1v) is 9.01. The molecule has 0 fully saturated rings. The molecule has 0 amide bonds. The normalized spacial score (nSPS) is 17.0. The maximum atomic E-state index is 13.0. The highest BCUT2D eigenvalue weighted by atomic mass is 32.1. The summed E-state index contributed by atoms with van der Waals surface area (Å²) in [5.41, 5.74) is 1.07. The molecule has 0 saturated carbocycles. The van der Waals surface area contributed by atoms with E-state index < -0.39 is 0 Å². The van der Waals surface area contributed by atoms with Crippen LogP contribution in [-0.2, 0) is 19.5 Å². The van der Waals surface area contributed by atoms with Crippen LogP contribution < -0.4 is 5.32 Å². The molecule has 3 heterocycles. The van der Waals surface area contributed by atoms with Crippen molar-refractivity contribution in [3.8, 4) is 10.4 Å². The Balaban J connectivity index is 1.30. The van der Waals surface area contributed by atoms with Gasteiger partial charge in [0.15, 0.2) is 0 Å². The summed E-state index contributed by atoms with van der Waals surface area (Å²) in [6.45, 7) is 2.87. The van der Waals surface area contributed by atoms with Crippen LogP contribution in [0, 0.1) is 11.7 Å². The van der Waals surface area contributed by atoms with Gasteiger partial charge in [-0.25, -0.2) is 4.39 Å². The van der Waals surface area contributed by atoms with Crippen LogP contribution in [-0.4, -0.2) is 21.3 Å². The van der Waals surface area contributed by atoms with E-state index >= 15 is 0 Å². The van der Waals surface area contributed by atoms with Gasteiger partial charge in [-0.1, -0.05) is 12.1 Å². The van der Waals surface area contributed by atoms with Gasteiger partial charge in [-0.15, -0.1) is 21.5 Å². The second-order valence-corrected chi connectivity index (χ2v) is 7.38. The van der Waals surface area contributed by atoms with Crippen LogP contribution in [0.3, 0.4) is 0 Å². The number of nitrogens with one attached hydrogen (secondary N) is 1. The Bertz CT molecular complexity index is 809. The predicted molar refractivity (Wildman–Crippen MR) is 93.3 cm³/mol. The van der Waals surface area contributed by atoms with Crippen molar-refractivity contribution >= 4 is 11.3 Å². The van der Waals surface area contributed by atoms with Crippen LogP contribution in [0.2, 0.25) is 0 Å². The van der Waals surface area contributed by atoms with E-state index in [0.717, 1.165) is 43.9 Å². The monoisotopic (exact) mass is 342 g/mol. The highest BCUT2D eigenvalue weighted by molar-refractivity contribution is 7.15. The van der Waals surface area contributed by atoms with Crippen LogP contribution in [0.1, 0.15) is 17.1 Å². The third-order valence-corrected chi connectivity index (χ3v) is 5.58. The van der Waals surface area contributed by atoms with Crippen LogP contribution in [0.15, 0.2) is 42.7 Å². The molecule has 1 atom stereocenters. The number of halogens is 1. The van der Waals surface area contributed by atoms with Gasteiger partial charge in [-0.3, -0.25) is 0 Å². The molecule has 0 bridgehead atoms. The fourth-order valence-electron chi connectivity index (χ4n) is 3.14. The number of aromatic nitrogens is 3. The highest BCUT2D eigenvalue weighted by Crippen LogP contribution is 2.28. The van der Waals surface area contributed by atoms with Gasteiger partial charge in [0, 0.05) is 35.8 Å². The third-order valence-electron chi connectivity index (χ3n) is 4.45. The molecule has 6 heteroatoms. The van der Waals surface area contributed by atoms with E-state index in [1.165, 1.54) is 21.9 Å². The number of rotatable bonds is 5. The molecule has 1 aliphatic heterocycles. The van der Waals surface area contributed by atoms with Crippen molar-refractivity contribution in [1.29, 1.82) is 0 Å². The van der Waals surface area contributed by atoms with Crippen molar-refractivity contribution in [3.63, 3.8) is 0 Å².